The molecule has 3 N–H and O–H groups in total. The first kappa shape index (κ1) is 24.4. The highest BCUT2D eigenvalue weighted by Gasteiger charge is 2.31. The van der Waals surface area contributed by atoms with Crippen molar-refractivity contribution in [2.24, 2.45) is 0 Å². The van der Waals surface area contributed by atoms with Gasteiger partial charge in [-0.25, -0.2) is 9.97 Å². The molecule has 0 radical (unpaired) electrons. The summed E-state index contributed by atoms with van der Waals surface area (Å²) >= 11 is 8.38. The molecule has 4 heterocycles. The Morgan fingerprint density at radius 1 is 1.19 bits per heavy atom. The maximum absolute atomic E-state index is 13.0. The van der Waals surface area contributed by atoms with Crippen molar-refractivity contribution in [3.63, 3.8) is 0 Å². The molecule has 1 amide bonds. The highest BCUT2D eigenvalue weighted by Crippen LogP contribution is 2.36. The van der Waals surface area contributed by atoms with Crippen molar-refractivity contribution in [1.29, 1.82) is 0 Å². The summed E-state index contributed by atoms with van der Waals surface area (Å²) in [4.78, 5) is 24.9. The molecule has 1 aromatic carbocycles. The summed E-state index contributed by atoms with van der Waals surface area (Å²) in [6.07, 6.45) is 5.77. The molecule has 0 bridgehead atoms. The number of hydrogen-bond donors (Lipinski definition) is 3. The number of aryl methyl sites for hydroxylation is 1. The second kappa shape index (κ2) is 11.2. The Morgan fingerprint density at radius 2 is 2.11 bits per heavy atom. The number of aliphatic hydroxyl groups excluding tert-OH is 1. The number of rotatable bonds is 10. The van der Waals surface area contributed by atoms with Crippen LogP contribution >= 0.6 is 35.3 Å². The van der Waals surface area contributed by atoms with Crippen molar-refractivity contribution in [2.75, 3.05) is 25.0 Å². The van der Waals surface area contributed by atoms with Gasteiger partial charge in [0.2, 0.25) is 0 Å². The number of nitrogens with zero attached hydrogens (tertiary/aromatic N) is 6. The molecule has 1 aliphatic rings. The number of aliphatic hydroxyl groups is 1. The monoisotopic (exact) mass is 538 g/mol. The molecule has 36 heavy (non-hydrogen) atoms. The van der Waals surface area contributed by atoms with Crippen molar-refractivity contribution in [1.82, 2.24) is 35.5 Å². The van der Waals surface area contributed by atoms with Crippen LogP contribution in [0.15, 0.2) is 40.9 Å². The van der Waals surface area contributed by atoms with Crippen LogP contribution in [-0.2, 0) is 11.2 Å². The number of fused-ring (bicyclic) bond motifs is 1. The SMILES string of the molecule is O=C1C(=Cc2cc(-c3ccc4ncnc(NCCO)c4c3)cs2)SC(=S)N1CCCCc1nn[nH]n1. The summed E-state index contributed by atoms with van der Waals surface area (Å²) in [6.45, 7) is 1.00. The first-order valence-corrected chi connectivity index (χ1v) is 13.4. The standard InChI is InChI=1S/C23H22N8O2S3/c32-8-6-24-21-17-10-14(4-5-18(17)25-13-26-21)15-9-16(35-12-15)11-19-22(33)31(23(34)36-19)7-2-1-3-20-27-29-30-28-20/h4-5,9-13,32H,1-3,6-8H2,(H,24,25,26)(H,27,28,29,30). The van der Waals surface area contributed by atoms with Gasteiger partial charge in [0.25, 0.3) is 5.91 Å². The number of tetrazole rings is 1. The minimum absolute atomic E-state index is 0.0194. The van der Waals surface area contributed by atoms with Crippen molar-refractivity contribution >= 4 is 68.3 Å². The van der Waals surface area contributed by atoms with Crippen molar-refractivity contribution in [3.05, 3.63) is 51.6 Å². The normalized spacial score (nSPS) is 14.9. The van der Waals surface area contributed by atoms with Gasteiger partial charge in [-0.05, 0) is 53.6 Å². The Labute approximate surface area is 220 Å². The van der Waals surface area contributed by atoms with E-state index in [9.17, 15) is 4.79 Å². The quantitative estimate of drug-likeness (QED) is 0.156. The maximum atomic E-state index is 13.0. The van der Waals surface area contributed by atoms with Gasteiger partial charge in [-0.1, -0.05) is 35.3 Å². The summed E-state index contributed by atoms with van der Waals surface area (Å²) < 4.78 is 0.583. The fraction of sp³-hybridized carbons (Fsp3) is 0.261. The summed E-state index contributed by atoms with van der Waals surface area (Å²) in [7, 11) is 0. The van der Waals surface area contributed by atoms with Gasteiger partial charge >= 0.3 is 0 Å². The van der Waals surface area contributed by atoms with Crippen molar-refractivity contribution < 1.29 is 9.90 Å². The second-order valence-corrected chi connectivity index (χ2v) is 10.6. The smallest absolute Gasteiger partial charge is 0.266 e. The summed E-state index contributed by atoms with van der Waals surface area (Å²) in [5.74, 6) is 1.31. The number of carbonyl (C=O) groups is 1. The zero-order chi connectivity index (χ0) is 24.9. The summed E-state index contributed by atoms with van der Waals surface area (Å²) in [5, 5.41) is 29.1. The summed E-state index contributed by atoms with van der Waals surface area (Å²) in [5.41, 5.74) is 2.89. The van der Waals surface area contributed by atoms with Gasteiger partial charge in [0.05, 0.1) is 17.0 Å². The molecule has 0 saturated carbocycles. The van der Waals surface area contributed by atoms with Gasteiger partial charge < -0.3 is 10.4 Å². The van der Waals surface area contributed by atoms with Gasteiger partial charge in [-0.15, -0.1) is 21.5 Å². The highest BCUT2D eigenvalue weighted by molar-refractivity contribution is 8.26. The number of unbranched alkanes of at least 4 members (excludes halogenated alkanes) is 1. The molecule has 0 unspecified atom stereocenters. The molecule has 0 atom stereocenters. The second-order valence-electron chi connectivity index (χ2n) is 7.96. The van der Waals surface area contributed by atoms with Crippen LogP contribution in [0.25, 0.3) is 28.1 Å². The molecule has 4 aromatic rings. The summed E-state index contributed by atoms with van der Waals surface area (Å²) in [6, 6.07) is 8.07. The van der Waals surface area contributed by atoms with E-state index in [2.05, 4.69) is 47.4 Å². The molecule has 1 saturated heterocycles. The predicted molar refractivity (Wildman–Crippen MR) is 145 cm³/mol. The van der Waals surface area contributed by atoms with Crippen molar-refractivity contribution in [3.8, 4) is 11.1 Å². The predicted octanol–water partition coefficient (Wildman–Crippen LogP) is 3.50. The third-order valence-electron chi connectivity index (χ3n) is 5.56. The van der Waals surface area contributed by atoms with E-state index in [1.807, 2.05) is 24.3 Å². The molecule has 10 nitrogen and oxygen atoms in total. The van der Waals surface area contributed by atoms with E-state index >= 15 is 0 Å². The molecule has 13 heteroatoms. The first-order valence-electron chi connectivity index (χ1n) is 11.3. The lowest BCUT2D eigenvalue weighted by Gasteiger charge is -2.13. The molecular formula is C23H22N8O2S3. The Balaban J connectivity index is 1.27. The zero-order valence-corrected chi connectivity index (χ0v) is 21.5. The van der Waals surface area contributed by atoms with Crippen LogP contribution in [0.5, 0.6) is 0 Å². The lowest BCUT2D eigenvalue weighted by molar-refractivity contribution is -0.122. The van der Waals surface area contributed by atoms with E-state index in [4.69, 9.17) is 17.3 Å². The molecule has 184 valence electrons. The van der Waals surface area contributed by atoms with E-state index in [0.29, 0.717) is 40.4 Å². The van der Waals surface area contributed by atoms with Gasteiger partial charge in [0.15, 0.2) is 5.82 Å². The van der Waals surface area contributed by atoms with Gasteiger partial charge in [0, 0.05) is 29.8 Å². The van der Waals surface area contributed by atoms with Crippen LogP contribution in [0.4, 0.5) is 5.82 Å². The van der Waals surface area contributed by atoms with E-state index in [-0.39, 0.29) is 12.5 Å². The number of carbonyl (C=O) groups excluding carboxylic acids is 1. The Bertz CT molecular complexity index is 1420. The molecular weight excluding hydrogens is 517 g/mol. The number of benzene rings is 1. The fourth-order valence-electron chi connectivity index (χ4n) is 3.79. The number of amides is 1. The molecule has 1 fully saturated rings. The van der Waals surface area contributed by atoms with Crippen LogP contribution in [0, 0.1) is 0 Å². The molecule has 0 spiro atoms. The van der Waals surface area contributed by atoms with Crippen LogP contribution in [0.3, 0.4) is 0 Å². The Hall–Kier alpha value is -3.26. The number of thiophene rings is 1. The van der Waals surface area contributed by atoms with Crippen LogP contribution in [-0.4, -0.2) is 70.5 Å². The number of nitrogens with one attached hydrogen (secondary N) is 2. The lowest BCUT2D eigenvalue weighted by Crippen LogP contribution is -2.29. The van der Waals surface area contributed by atoms with E-state index in [1.54, 1.807) is 16.2 Å². The van der Waals surface area contributed by atoms with Crippen molar-refractivity contribution in [2.45, 2.75) is 19.3 Å². The molecule has 1 aliphatic heterocycles. The first-order chi connectivity index (χ1) is 17.6. The van der Waals surface area contributed by atoms with Gasteiger partial charge in [0.1, 0.15) is 16.5 Å². The number of hydrogen-bond acceptors (Lipinski definition) is 11. The average Bonchev–Trinajstić information content (AvgIpc) is 3.63. The highest BCUT2D eigenvalue weighted by atomic mass is 32.2. The van der Waals surface area contributed by atoms with Gasteiger partial charge in [-0.3, -0.25) is 9.69 Å². The minimum atomic E-state index is -0.0537. The van der Waals surface area contributed by atoms with E-state index in [1.165, 1.54) is 18.1 Å². The Kier molecular flexibility index (Phi) is 7.60. The molecule has 5 rings (SSSR count). The number of H-pyrrole nitrogens is 1. The fourth-order valence-corrected chi connectivity index (χ4v) is 6.02. The number of thioether (sulfide) groups is 1. The van der Waals surface area contributed by atoms with E-state index in [0.717, 1.165) is 39.7 Å². The number of aromatic nitrogens is 6. The van der Waals surface area contributed by atoms with Crippen LogP contribution in [0.2, 0.25) is 0 Å². The largest absolute Gasteiger partial charge is 0.395 e. The number of aromatic amines is 1. The molecule has 3 aromatic heterocycles. The Morgan fingerprint density at radius 3 is 2.94 bits per heavy atom. The lowest BCUT2D eigenvalue weighted by atomic mass is 10.1. The average molecular weight is 539 g/mol. The zero-order valence-electron chi connectivity index (χ0n) is 19.0. The number of anilines is 1. The van der Waals surface area contributed by atoms with Crippen LogP contribution < -0.4 is 5.32 Å². The third-order valence-corrected chi connectivity index (χ3v) is 7.82. The third kappa shape index (κ3) is 5.43. The number of thiocarbonyl (C=S) groups is 1. The molecule has 0 aliphatic carbocycles. The van der Waals surface area contributed by atoms with Crippen LogP contribution in [0.1, 0.15) is 23.5 Å². The topological polar surface area (TPSA) is 133 Å². The maximum Gasteiger partial charge on any atom is 0.266 e. The van der Waals surface area contributed by atoms with Gasteiger partial charge in [-0.2, -0.15) is 5.21 Å². The van der Waals surface area contributed by atoms with E-state index < -0.39 is 0 Å². The minimum Gasteiger partial charge on any atom is -0.395 e.